The van der Waals surface area contributed by atoms with Gasteiger partial charge in [-0.1, -0.05) is 30.3 Å². The van der Waals surface area contributed by atoms with Gasteiger partial charge in [-0.25, -0.2) is 4.98 Å². The standard InChI is InChI=1S/C19H22N4OS/c1-20-19(22-13-17-8-5-11-24-17)21-12-16-14-25-18(23-16)10-9-15-6-3-2-4-7-15/h2-8,11,14H,9-10,12-13H2,1H3,(H2,20,21,22). The number of rotatable bonds is 7. The molecule has 0 atom stereocenters. The number of hydrogen-bond donors (Lipinski definition) is 2. The van der Waals surface area contributed by atoms with Crippen molar-refractivity contribution in [3.63, 3.8) is 0 Å². The molecule has 0 unspecified atom stereocenters. The summed E-state index contributed by atoms with van der Waals surface area (Å²) in [6.45, 7) is 1.26. The van der Waals surface area contributed by atoms with E-state index in [0.29, 0.717) is 13.1 Å². The monoisotopic (exact) mass is 354 g/mol. The lowest BCUT2D eigenvalue weighted by molar-refractivity contribution is 0.501. The number of hydrogen-bond acceptors (Lipinski definition) is 4. The summed E-state index contributed by atoms with van der Waals surface area (Å²) in [6, 6.07) is 14.3. The lowest BCUT2D eigenvalue weighted by Gasteiger charge is -2.09. The number of furan rings is 1. The third-order valence-corrected chi connectivity index (χ3v) is 4.70. The van der Waals surface area contributed by atoms with Gasteiger partial charge in [-0.05, 0) is 24.1 Å². The Labute approximate surface area is 151 Å². The van der Waals surface area contributed by atoms with Gasteiger partial charge in [0, 0.05) is 18.8 Å². The summed E-state index contributed by atoms with van der Waals surface area (Å²) in [5.74, 6) is 1.61. The Morgan fingerprint density at radius 3 is 2.68 bits per heavy atom. The van der Waals surface area contributed by atoms with Crippen LogP contribution in [0, 0.1) is 0 Å². The van der Waals surface area contributed by atoms with Crippen molar-refractivity contribution >= 4 is 17.3 Å². The molecule has 130 valence electrons. The molecule has 0 bridgehead atoms. The Hall–Kier alpha value is -2.60. The number of nitrogens with one attached hydrogen (secondary N) is 2. The number of guanidine groups is 1. The lowest BCUT2D eigenvalue weighted by atomic mass is 10.1. The number of aryl methyl sites for hydroxylation is 2. The van der Waals surface area contributed by atoms with Gasteiger partial charge in [-0.3, -0.25) is 4.99 Å². The molecule has 0 aliphatic carbocycles. The van der Waals surface area contributed by atoms with Crippen LogP contribution in [-0.4, -0.2) is 18.0 Å². The van der Waals surface area contributed by atoms with Crippen LogP contribution in [0.2, 0.25) is 0 Å². The van der Waals surface area contributed by atoms with E-state index in [-0.39, 0.29) is 0 Å². The summed E-state index contributed by atoms with van der Waals surface area (Å²) in [7, 11) is 1.75. The highest BCUT2D eigenvalue weighted by molar-refractivity contribution is 7.09. The minimum Gasteiger partial charge on any atom is -0.467 e. The fraction of sp³-hybridized carbons (Fsp3) is 0.263. The van der Waals surface area contributed by atoms with E-state index < -0.39 is 0 Å². The molecule has 0 aliphatic rings. The molecular formula is C19H22N4OS. The predicted octanol–water partition coefficient (Wildman–Crippen LogP) is 3.39. The molecule has 3 rings (SSSR count). The molecule has 0 aliphatic heterocycles. The van der Waals surface area contributed by atoms with Gasteiger partial charge in [0.05, 0.1) is 30.1 Å². The van der Waals surface area contributed by atoms with Gasteiger partial charge in [0.2, 0.25) is 0 Å². The maximum absolute atomic E-state index is 5.30. The van der Waals surface area contributed by atoms with Crippen LogP contribution in [0.5, 0.6) is 0 Å². The fourth-order valence-electron chi connectivity index (χ4n) is 2.42. The molecule has 0 saturated heterocycles. The molecule has 0 amide bonds. The smallest absolute Gasteiger partial charge is 0.191 e. The fourth-order valence-corrected chi connectivity index (χ4v) is 3.22. The zero-order valence-electron chi connectivity index (χ0n) is 14.2. The van der Waals surface area contributed by atoms with Gasteiger partial charge in [-0.15, -0.1) is 11.3 Å². The zero-order chi connectivity index (χ0) is 17.3. The summed E-state index contributed by atoms with van der Waals surface area (Å²) in [4.78, 5) is 8.91. The average molecular weight is 354 g/mol. The topological polar surface area (TPSA) is 62.5 Å². The van der Waals surface area contributed by atoms with Gasteiger partial charge in [0.25, 0.3) is 0 Å². The first-order valence-electron chi connectivity index (χ1n) is 8.27. The SMILES string of the molecule is CN=C(NCc1csc(CCc2ccccc2)n1)NCc1ccco1. The molecule has 6 heteroatoms. The minimum absolute atomic E-state index is 0.603. The number of thiazole rings is 1. The summed E-state index contributed by atoms with van der Waals surface area (Å²) in [5.41, 5.74) is 2.38. The van der Waals surface area contributed by atoms with E-state index in [1.807, 2.05) is 18.2 Å². The van der Waals surface area contributed by atoms with Gasteiger partial charge in [0.1, 0.15) is 5.76 Å². The van der Waals surface area contributed by atoms with Crippen LogP contribution >= 0.6 is 11.3 Å². The molecule has 0 spiro atoms. The number of nitrogens with zero attached hydrogens (tertiary/aromatic N) is 2. The van der Waals surface area contributed by atoms with Crippen LogP contribution in [-0.2, 0) is 25.9 Å². The number of aromatic nitrogens is 1. The van der Waals surface area contributed by atoms with Crippen molar-refractivity contribution in [2.45, 2.75) is 25.9 Å². The summed E-state index contributed by atoms with van der Waals surface area (Å²) < 4.78 is 5.30. The Bertz CT molecular complexity index is 781. The summed E-state index contributed by atoms with van der Waals surface area (Å²) >= 11 is 1.71. The third-order valence-electron chi connectivity index (χ3n) is 3.74. The quantitative estimate of drug-likeness (QED) is 0.504. The first kappa shape index (κ1) is 17.2. The van der Waals surface area contributed by atoms with Gasteiger partial charge >= 0.3 is 0 Å². The normalized spacial score (nSPS) is 11.5. The molecule has 0 fully saturated rings. The zero-order valence-corrected chi connectivity index (χ0v) is 15.1. The van der Waals surface area contributed by atoms with Gasteiger partial charge < -0.3 is 15.1 Å². The molecular weight excluding hydrogens is 332 g/mol. The van der Waals surface area contributed by atoms with E-state index in [9.17, 15) is 0 Å². The largest absolute Gasteiger partial charge is 0.467 e. The lowest BCUT2D eigenvalue weighted by Crippen LogP contribution is -2.36. The first-order valence-corrected chi connectivity index (χ1v) is 9.15. The van der Waals surface area contributed by atoms with Crippen LogP contribution in [0.1, 0.15) is 22.0 Å². The third kappa shape index (κ3) is 5.46. The second kappa shape index (κ2) is 9.03. The van der Waals surface area contributed by atoms with Crippen molar-refractivity contribution < 1.29 is 4.42 Å². The summed E-state index contributed by atoms with van der Waals surface area (Å²) in [5, 5.41) is 9.76. The van der Waals surface area contributed by atoms with Crippen LogP contribution < -0.4 is 10.6 Å². The molecule has 0 radical (unpaired) electrons. The van der Waals surface area contributed by atoms with Gasteiger partial charge in [0.15, 0.2) is 5.96 Å². The second-order valence-corrected chi connectivity index (χ2v) is 6.52. The molecule has 1 aromatic carbocycles. The van der Waals surface area contributed by atoms with E-state index in [0.717, 1.165) is 30.3 Å². The van der Waals surface area contributed by atoms with Gasteiger partial charge in [-0.2, -0.15) is 0 Å². The van der Waals surface area contributed by atoms with E-state index in [4.69, 9.17) is 9.40 Å². The van der Waals surface area contributed by atoms with Crippen molar-refractivity contribution in [3.8, 4) is 0 Å². The number of aliphatic imine (C=N–C) groups is 1. The molecule has 2 N–H and O–H groups in total. The predicted molar refractivity (Wildman–Crippen MR) is 102 cm³/mol. The number of benzene rings is 1. The molecule has 0 saturated carbocycles. The highest BCUT2D eigenvalue weighted by atomic mass is 32.1. The highest BCUT2D eigenvalue weighted by Crippen LogP contribution is 2.13. The highest BCUT2D eigenvalue weighted by Gasteiger charge is 2.05. The minimum atomic E-state index is 0.603. The maximum atomic E-state index is 5.30. The van der Waals surface area contributed by atoms with E-state index >= 15 is 0 Å². The molecule has 2 heterocycles. The van der Waals surface area contributed by atoms with Crippen molar-refractivity contribution in [3.05, 3.63) is 76.1 Å². The second-order valence-electron chi connectivity index (χ2n) is 5.58. The van der Waals surface area contributed by atoms with E-state index in [2.05, 4.69) is 45.3 Å². The molecule has 2 aromatic heterocycles. The van der Waals surface area contributed by atoms with E-state index in [1.54, 1.807) is 24.6 Å². The molecule has 25 heavy (non-hydrogen) atoms. The van der Waals surface area contributed by atoms with Crippen LogP contribution in [0.3, 0.4) is 0 Å². The van der Waals surface area contributed by atoms with Crippen LogP contribution in [0.15, 0.2) is 63.5 Å². The van der Waals surface area contributed by atoms with Crippen molar-refractivity contribution in [1.29, 1.82) is 0 Å². The first-order chi connectivity index (χ1) is 12.3. The molecule has 5 nitrogen and oxygen atoms in total. The maximum Gasteiger partial charge on any atom is 0.191 e. The Balaban J connectivity index is 1.44. The van der Waals surface area contributed by atoms with Crippen LogP contribution in [0.25, 0.3) is 0 Å². The Morgan fingerprint density at radius 2 is 1.92 bits per heavy atom. The summed E-state index contributed by atoms with van der Waals surface area (Å²) in [6.07, 6.45) is 3.66. The average Bonchev–Trinajstić information content (AvgIpc) is 3.33. The van der Waals surface area contributed by atoms with Crippen molar-refractivity contribution in [2.24, 2.45) is 4.99 Å². The van der Waals surface area contributed by atoms with Crippen molar-refractivity contribution in [1.82, 2.24) is 15.6 Å². The Morgan fingerprint density at radius 1 is 1.08 bits per heavy atom. The molecule has 3 aromatic rings. The van der Waals surface area contributed by atoms with Crippen molar-refractivity contribution in [2.75, 3.05) is 7.05 Å². The van der Waals surface area contributed by atoms with Crippen LogP contribution in [0.4, 0.5) is 0 Å². The Kier molecular flexibility index (Phi) is 6.23. The van der Waals surface area contributed by atoms with E-state index in [1.165, 1.54) is 10.6 Å².